The van der Waals surface area contributed by atoms with Crippen LogP contribution in [0, 0.1) is 5.92 Å². The number of hydrogen-bond acceptors (Lipinski definition) is 3. The highest BCUT2D eigenvalue weighted by molar-refractivity contribution is 9.10. The van der Waals surface area contributed by atoms with Gasteiger partial charge in [-0.2, -0.15) is 0 Å². The number of aromatic nitrogens is 3. The summed E-state index contributed by atoms with van der Waals surface area (Å²) in [7, 11) is -2.66. The summed E-state index contributed by atoms with van der Waals surface area (Å²) in [5, 5.41) is 2.41. The molecule has 0 saturated carbocycles. The monoisotopic (exact) mass is 599 g/mol. The van der Waals surface area contributed by atoms with E-state index in [4.69, 9.17) is 4.43 Å². The molecule has 2 heterocycles. The van der Waals surface area contributed by atoms with Crippen LogP contribution in [-0.4, -0.2) is 29.0 Å². The average molecular weight is 601 g/mol. The van der Waals surface area contributed by atoms with Crippen molar-refractivity contribution in [3.63, 3.8) is 0 Å². The molecule has 0 saturated heterocycles. The minimum absolute atomic E-state index is 0.0633. The zero-order valence-electron chi connectivity index (χ0n) is 22.8. The van der Waals surface area contributed by atoms with Gasteiger partial charge in [0.05, 0.1) is 16.7 Å². The van der Waals surface area contributed by atoms with E-state index >= 15 is 0 Å². The highest BCUT2D eigenvalue weighted by atomic mass is 79.9. The van der Waals surface area contributed by atoms with Crippen molar-refractivity contribution in [2.75, 3.05) is 6.61 Å². The lowest BCUT2D eigenvalue weighted by atomic mass is 10.2. The van der Waals surface area contributed by atoms with E-state index in [2.05, 4.69) is 109 Å². The van der Waals surface area contributed by atoms with Crippen LogP contribution in [0.5, 0.6) is 0 Å². The van der Waals surface area contributed by atoms with Crippen LogP contribution in [0.1, 0.15) is 27.7 Å². The minimum atomic E-state index is -2.66. The van der Waals surface area contributed by atoms with Crippen molar-refractivity contribution in [3.05, 3.63) is 118 Å². The zero-order chi connectivity index (χ0) is 27.6. The van der Waals surface area contributed by atoms with Crippen LogP contribution in [0.15, 0.2) is 113 Å². The Morgan fingerprint density at radius 1 is 0.872 bits per heavy atom. The number of pyridine rings is 1. The molecule has 0 aliphatic rings. The van der Waals surface area contributed by atoms with Gasteiger partial charge in [0.25, 0.3) is 8.32 Å². The van der Waals surface area contributed by atoms with Gasteiger partial charge in [0.15, 0.2) is 0 Å². The number of rotatable bonds is 8. The fourth-order valence-electron chi connectivity index (χ4n) is 5.54. The minimum Gasteiger partial charge on any atom is -0.407 e. The van der Waals surface area contributed by atoms with Gasteiger partial charge in [0.2, 0.25) is 0 Å². The third-order valence-electron chi connectivity index (χ3n) is 7.31. The summed E-state index contributed by atoms with van der Waals surface area (Å²) in [5.74, 6) is 0.0971. The summed E-state index contributed by atoms with van der Waals surface area (Å²) in [5.41, 5.74) is 2.50. The van der Waals surface area contributed by atoms with Gasteiger partial charge in [0, 0.05) is 30.0 Å². The van der Waals surface area contributed by atoms with Crippen molar-refractivity contribution in [2.45, 2.75) is 39.3 Å². The molecule has 5 rings (SSSR count). The van der Waals surface area contributed by atoms with E-state index in [1.165, 1.54) is 10.4 Å². The largest absolute Gasteiger partial charge is 0.407 e. The SMILES string of the molecule is CC(CO[Si](c1ccccc1)(c1ccccc1)C(C)(C)C)Cn1c(=O)n(-c2ccncc2)c2ccc(Br)cc21. The molecule has 1 atom stereocenters. The Kier molecular flexibility index (Phi) is 7.76. The van der Waals surface area contributed by atoms with Crippen LogP contribution in [0.4, 0.5) is 0 Å². The maximum absolute atomic E-state index is 13.8. The molecule has 0 radical (unpaired) electrons. The molecule has 0 fully saturated rings. The summed E-state index contributed by atoms with van der Waals surface area (Å²) in [6.07, 6.45) is 3.42. The van der Waals surface area contributed by atoms with Gasteiger partial charge < -0.3 is 4.43 Å². The first kappa shape index (κ1) is 27.3. The molecule has 0 bridgehead atoms. The molecular weight excluding hydrogens is 566 g/mol. The third kappa shape index (κ3) is 5.18. The summed E-state index contributed by atoms with van der Waals surface area (Å²) in [6.45, 7) is 10.1. The number of fused-ring (bicyclic) bond motifs is 1. The Morgan fingerprint density at radius 3 is 2.03 bits per heavy atom. The molecular formula is C32H34BrN3O2Si. The molecule has 200 valence electrons. The van der Waals surface area contributed by atoms with Gasteiger partial charge in [-0.3, -0.25) is 14.1 Å². The molecule has 1 unspecified atom stereocenters. The van der Waals surface area contributed by atoms with Gasteiger partial charge in [-0.05, 0) is 51.7 Å². The summed E-state index contributed by atoms with van der Waals surface area (Å²) < 4.78 is 11.7. The van der Waals surface area contributed by atoms with Crippen molar-refractivity contribution < 1.29 is 4.43 Å². The van der Waals surface area contributed by atoms with E-state index in [1.54, 1.807) is 17.0 Å². The first-order valence-electron chi connectivity index (χ1n) is 13.3. The molecule has 0 spiro atoms. The Bertz CT molecular complexity index is 1570. The standard InChI is InChI=1S/C32H34BrN3O2Si/c1-24(22-35-30-21-25(33)15-16-29(30)36(31(35)37)26-17-19-34-20-18-26)23-38-39(32(2,3)4,27-11-7-5-8-12-27)28-13-9-6-10-14-28/h5-21,24H,22-23H2,1-4H3. The molecule has 2 aromatic heterocycles. The smallest absolute Gasteiger partial charge is 0.333 e. The van der Waals surface area contributed by atoms with E-state index in [1.807, 2.05) is 34.9 Å². The van der Waals surface area contributed by atoms with Gasteiger partial charge in [0.1, 0.15) is 0 Å². The fourth-order valence-corrected chi connectivity index (χ4v) is 10.6. The number of imidazole rings is 1. The highest BCUT2D eigenvalue weighted by Gasteiger charge is 2.50. The second-order valence-electron chi connectivity index (χ2n) is 11.1. The number of hydrogen-bond donors (Lipinski definition) is 0. The maximum atomic E-state index is 13.8. The first-order valence-corrected chi connectivity index (χ1v) is 16.0. The number of nitrogens with zero attached hydrogens (tertiary/aromatic N) is 3. The molecule has 0 aliphatic carbocycles. The molecule has 0 amide bonds. The maximum Gasteiger partial charge on any atom is 0.333 e. The fraction of sp³-hybridized carbons (Fsp3) is 0.250. The summed E-state index contributed by atoms with van der Waals surface area (Å²) in [6, 6.07) is 31.1. The molecule has 5 aromatic rings. The zero-order valence-corrected chi connectivity index (χ0v) is 25.4. The molecule has 39 heavy (non-hydrogen) atoms. The molecule has 3 aromatic carbocycles. The van der Waals surface area contributed by atoms with Gasteiger partial charge in [-0.25, -0.2) is 4.79 Å². The summed E-state index contributed by atoms with van der Waals surface area (Å²) >= 11 is 3.60. The van der Waals surface area contributed by atoms with E-state index in [0.29, 0.717) is 13.2 Å². The van der Waals surface area contributed by atoms with Crippen LogP contribution < -0.4 is 16.1 Å². The predicted molar refractivity (Wildman–Crippen MR) is 166 cm³/mol. The molecule has 7 heteroatoms. The Hall–Kier alpha value is -3.26. The van der Waals surface area contributed by atoms with Crippen LogP contribution in [0.25, 0.3) is 16.7 Å². The van der Waals surface area contributed by atoms with Crippen molar-refractivity contribution in [2.24, 2.45) is 5.92 Å². The average Bonchev–Trinajstić information content (AvgIpc) is 3.20. The van der Waals surface area contributed by atoms with Gasteiger partial charge in [-0.1, -0.05) is 104 Å². The lowest BCUT2D eigenvalue weighted by Crippen LogP contribution is -2.66. The second-order valence-corrected chi connectivity index (χ2v) is 16.4. The molecule has 0 aliphatic heterocycles. The summed E-state index contributed by atoms with van der Waals surface area (Å²) in [4.78, 5) is 17.9. The van der Waals surface area contributed by atoms with Crippen LogP contribution >= 0.6 is 15.9 Å². The van der Waals surface area contributed by atoms with Crippen molar-refractivity contribution in [1.29, 1.82) is 0 Å². The Balaban J connectivity index is 1.52. The van der Waals surface area contributed by atoms with Gasteiger partial charge >= 0.3 is 5.69 Å². The third-order valence-corrected chi connectivity index (χ3v) is 12.8. The van der Waals surface area contributed by atoms with Crippen molar-refractivity contribution in [1.82, 2.24) is 14.1 Å². The predicted octanol–water partition coefficient (Wildman–Crippen LogP) is 6.16. The normalized spacial score (nSPS) is 13.1. The van der Waals surface area contributed by atoms with Gasteiger partial charge in [-0.15, -0.1) is 0 Å². The van der Waals surface area contributed by atoms with Crippen LogP contribution in [-0.2, 0) is 11.0 Å². The van der Waals surface area contributed by atoms with E-state index in [0.717, 1.165) is 21.2 Å². The first-order chi connectivity index (χ1) is 18.7. The Labute approximate surface area is 239 Å². The number of halogens is 1. The Morgan fingerprint density at radius 2 is 1.46 bits per heavy atom. The highest BCUT2D eigenvalue weighted by Crippen LogP contribution is 2.37. The van der Waals surface area contributed by atoms with Crippen molar-refractivity contribution >= 4 is 45.7 Å². The molecule has 0 N–H and O–H groups in total. The van der Waals surface area contributed by atoms with Crippen LogP contribution in [0.3, 0.4) is 0 Å². The second kappa shape index (κ2) is 11.1. The quantitative estimate of drug-likeness (QED) is 0.201. The van der Waals surface area contributed by atoms with E-state index in [9.17, 15) is 4.79 Å². The number of benzene rings is 3. The van der Waals surface area contributed by atoms with E-state index in [-0.39, 0.29) is 16.6 Å². The topological polar surface area (TPSA) is 49.0 Å². The van der Waals surface area contributed by atoms with Crippen LogP contribution in [0.2, 0.25) is 5.04 Å². The van der Waals surface area contributed by atoms with Crippen molar-refractivity contribution in [3.8, 4) is 5.69 Å². The lowest BCUT2D eigenvalue weighted by molar-refractivity contribution is 0.231. The van der Waals surface area contributed by atoms with E-state index < -0.39 is 8.32 Å². The molecule has 5 nitrogen and oxygen atoms in total. The lowest BCUT2D eigenvalue weighted by Gasteiger charge is -2.43.